The lowest BCUT2D eigenvalue weighted by Crippen LogP contribution is -2.34. The van der Waals surface area contributed by atoms with E-state index in [1.807, 2.05) is 0 Å². The van der Waals surface area contributed by atoms with Crippen molar-refractivity contribution in [2.45, 2.75) is 52.1 Å². The topological polar surface area (TPSA) is 33.1 Å². The number of nitrogens with one attached hydrogen (secondary N) is 1. The van der Waals surface area contributed by atoms with Gasteiger partial charge < -0.3 is 5.32 Å². The fourth-order valence-electron chi connectivity index (χ4n) is 3.28. The predicted molar refractivity (Wildman–Crippen MR) is 83.9 cm³/mol. The molecule has 0 bridgehead atoms. The van der Waals surface area contributed by atoms with Gasteiger partial charge in [-0.25, -0.2) is 0 Å². The van der Waals surface area contributed by atoms with E-state index in [2.05, 4.69) is 60.2 Å². The molecule has 114 valence electrons. The second-order valence-electron chi connectivity index (χ2n) is 6.34. The minimum absolute atomic E-state index is 0.437. The maximum absolute atomic E-state index is 4.54. The Morgan fingerprint density at radius 1 is 1.40 bits per heavy atom. The molecule has 1 aliphatic heterocycles. The number of nitrogens with zero attached hydrogens (tertiary/aromatic N) is 3. The van der Waals surface area contributed by atoms with E-state index in [1.165, 1.54) is 31.4 Å². The fraction of sp³-hybridized carbons (Fsp3) is 0.812. The van der Waals surface area contributed by atoms with Gasteiger partial charge in [-0.05, 0) is 59.3 Å². The first-order chi connectivity index (χ1) is 9.63. The molecule has 0 aromatic carbocycles. The number of aromatic nitrogens is 2. The average Bonchev–Trinajstić information content (AvgIpc) is 2.82. The molecule has 1 fully saturated rings. The second kappa shape index (κ2) is 7.23. The van der Waals surface area contributed by atoms with Gasteiger partial charge in [-0.3, -0.25) is 9.58 Å². The molecular weight excluding hydrogens is 248 g/mol. The van der Waals surface area contributed by atoms with Crippen molar-refractivity contribution in [2.75, 3.05) is 26.7 Å². The summed E-state index contributed by atoms with van der Waals surface area (Å²) in [6.07, 6.45) is 8.29. The van der Waals surface area contributed by atoms with E-state index in [9.17, 15) is 0 Å². The van der Waals surface area contributed by atoms with Crippen molar-refractivity contribution < 1.29 is 0 Å². The summed E-state index contributed by atoms with van der Waals surface area (Å²) in [5.74, 6) is 0.687. The van der Waals surface area contributed by atoms with E-state index in [0.29, 0.717) is 18.0 Å². The van der Waals surface area contributed by atoms with Crippen molar-refractivity contribution in [3.05, 3.63) is 18.0 Å². The molecule has 2 unspecified atom stereocenters. The molecular formula is C16H30N4. The van der Waals surface area contributed by atoms with Crippen LogP contribution in [0.2, 0.25) is 0 Å². The zero-order valence-corrected chi connectivity index (χ0v) is 13.5. The first kappa shape index (κ1) is 15.5. The van der Waals surface area contributed by atoms with Gasteiger partial charge in [0.25, 0.3) is 0 Å². The van der Waals surface area contributed by atoms with Crippen LogP contribution in [0.4, 0.5) is 0 Å². The molecule has 2 rings (SSSR count). The van der Waals surface area contributed by atoms with E-state index in [-0.39, 0.29) is 0 Å². The van der Waals surface area contributed by atoms with Crippen LogP contribution in [0.5, 0.6) is 0 Å². The maximum Gasteiger partial charge on any atom is 0.0537 e. The zero-order chi connectivity index (χ0) is 14.5. The Kier molecular flexibility index (Phi) is 5.61. The van der Waals surface area contributed by atoms with Crippen LogP contribution >= 0.6 is 0 Å². The smallest absolute Gasteiger partial charge is 0.0537 e. The number of hydrogen-bond donors (Lipinski definition) is 1. The molecule has 1 saturated heterocycles. The molecule has 20 heavy (non-hydrogen) atoms. The molecule has 0 amide bonds. The van der Waals surface area contributed by atoms with Gasteiger partial charge in [0.1, 0.15) is 0 Å². The monoisotopic (exact) mass is 278 g/mol. The first-order valence-electron chi connectivity index (χ1n) is 8.08. The Hall–Kier alpha value is -0.870. The molecule has 1 aromatic rings. The SMILES string of the molecule is CCNCC1CCCCN(C)C1c1cnn(C(C)C)c1. The Morgan fingerprint density at radius 3 is 2.85 bits per heavy atom. The Morgan fingerprint density at radius 2 is 2.20 bits per heavy atom. The molecule has 0 aliphatic carbocycles. The Balaban J connectivity index is 2.20. The minimum atomic E-state index is 0.437. The van der Waals surface area contributed by atoms with Crippen molar-refractivity contribution in [1.82, 2.24) is 20.0 Å². The van der Waals surface area contributed by atoms with Gasteiger partial charge in [0.2, 0.25) is 0 Å². The maximum atomic E-state index is 4.54. The summed E-state index contributed by atoms with van der Waals surface area (Å²) in [5, 5.41) is 8.08. The van der Waals surface area contributed by atoms with Gasteiger partial charge in [0.05, 0.1) is 6.20 Å². The van der Waals surface area contributed by atoms with E-state index in [0.717, 1.165) is 13.1 Å². The molecule has 4 heteroatoms. The highest BCUT2D eigenvalue weighted by Crippen LogP contribution is 2.33. The zero-order valence-electron chi connectivity index (χ0n) is 13.5. The van der Waals surface area contributed by atoms with E-state index >= 15 is 0 Å². The summed E-state index contributed by atoms with van der Waals surface area (Å²) in [7, 11) is 2.27. The van der Waals surface area contributed by atoms with Crippen LogP contribution in [0.1, 0.15) is 57.7 Å². The van der Waals surface area contributed by atoms with Gasteiger partial charge in [0.15, 0.2) is 0 Å². The molecule has 0 saturated carbocycles. The normalized spacial score (nSPS) is 25.1. The first-order valence-corrected chi connectivity index (χ1v) is 8.08. The quantitative estimate of drug-likeness (QED) is 0.899. The molecule has 1 aromatic heterocycles. The Bertz CT molecular complexity index is 399. The van der Waals surface area contributed by atoms with Gasteiger partial charge in [-0.1, -0.05) is 13.3 Å². The molecule has 2 atom stereocenters. The highest BCUT2D eigenvalue weighted by molar-refractivity contribution is 5.13. The third-order valence-electron chi connectivity index (χ3n) is 4.41. The highest BCUT2D eigenvalue weighted by atomic mass is 15.3. The van der Waals surface area contributed by atoms with Crippen LogP contribution in [-0.4, -0.2) is 41.4 Å². The minimum Gasteiger partial charge on any atom is -0.317 e. The second-order valence-corrected chi connectivity index (χ2v) is 6.34. The lowest BCUT2D eigenvalue weighted by Gasteiger charge is -2.32. The summed E-state index contributed by atoms with van der Waals surface area (Å²) >= 11 is 0. The van der Waals surface area contributed by atoms with E-state index in [1.54, 1.807) is 0 Å². The largest absolute Gasteiger partial charge is 0.317 e. The summed E-state index contributed by atoms with van der Waals surface area (Å²) in [6.45, 7) is 9.91. The molecule has 1 aliphatic rings. The van der Waals surface area contributed by atoms with Gasteiger partial charge in [-0.15, -0.1) is 0 Å². The van der Waals surface area contributed by atoms with Crippen LogP contribution in [0.15, 0.2) is 12.4 Å². The average molecular weight is 278 g/mol. The molecule has 0 radical (unpaired) electrons. The lowest BCUT2D eigenvalue weighted by molar-refractivity contribution is 0.189. The molecule has 4 nitrogen and oxygen atoms in total. The highest BCUT2D eigenvalue weighted by Gasteiger charge is 2.29. The number of likely N-dealkylation sites (tertiary alicyclic amines) is 1. The predicted octanol–water partition coefficient (Wildman–Crippen LogP) is 2.85. The molecule has 1 N–H and O–H groups in total. The van der Waals surface area contributed by atoms with Crippen molar-refractivity contribution >= 4 is 0 Å². The third kappa shape index (κ3) is 3.61. The number of rotatable bonds is 5. The molecule has 2 heterocycles. The summed E-state index contributed by atoms with van der Waals surface area (Å²) in [6, 6.07) is 0.941. The Labute approximate surface area is 123 Å². The fourth-order valence-corrected chi connectivity index (χ4v) is 3.28. The van der Waals surface area contributed by atoms with Crippen LogP contribution < -0.4 is 5.32 Å². The van der Waals surface area contributed by atoms with Crippen molar-refractivity contribution in [3.63, 3.8) is 0 Å². The van der Waals surface area contributed by atoms with Crippen molar-refractivity contribution in [3.8, 4) is 0 Å². The summed E-state index contributed by atoms with van der Waals surface area (Å²) in [4.78, 5) is 2.52. The molecule has 0 spiro atoms. The van der Waals surface area contributed by atoms with Crippen molar-refractivity contribution in [1.29, 1.82) is 0 Å². The van der Waals surface area contributed by atoms with E-state index < -0.39 is 0 Å². The van der Waals surface area contributed by atoms with Crippen LogP contribution in [0, 0.1) is 5.92 Å². The van der Waals surface area contributed by atoms with Crippen LogP contribution in [0.3, 0.4) is 0 Å². The summed E-state index contributed by atoms with van der Waals surface area (Å²) < 4.78 is 2.08. The van der Waals surface area contributed by atoms with Crippen LogP contribution in [0.25, 0.3) is 0 Å². The standard InChI is InChI=1S/C16H30N4/c1-5-17-10-14-8-6-7-9-19(4)16(14)15-11-18-20(12-15)13(2)3/h11-14,16-17H,5-10H2,1-4H3. The van der Waals surface area contributed by atoms with Gasteiger partial charge in [0, 0.05) is 23.8 Å². The lowest BCUT2D eigenvalue weighted by atomic mass is 9.91. The van der Waals surface area contributed by atoms with Crippen LogP contribution in [-0.2, 0) is 0 Å². The van der Waals surface area contributed by atoms with Gasteiger partial charge in [-0.2, -0.15) is 5.10 Å². The third-order valence-corrected chi connectivity index (χ3v) is 4.41. The number of hydrogen-bond acceptors (Lipinski definition) is 3. The van der Waals surface area contributed by atoms with Crippen molar-refractivity contribution in [2.24, 2.45) is 5.92 Å². The van der Waals surface area contributed by atoms with E-state index in [4.69, 9.17) is 0 Å². The van der Waals surface area contributed by atoms with Gasteiger partial charge >= 0.3 is 0 Å². The summed E-state index contributed by atoms with van der Waals surface area (Å²) in [5.41, 5.74) is 1.38.